The molecule has 0 radical (unpaired) electrons. The summed E-state index contributed by atoms with van der Waals surface area (Å²) in [4.78, 5) is 0. The lowest BCUT2D eigenvalue weighted by atomic mass is 9.99. The lowest BCUT2D eigenvalue weighted by Gasteiger charge is -2.18. The summed E-state index contributed by atoms with van der Waals surface area (Å²) < 4.78 is 29.8. The van der Waals surface area contributed by atoms with Gasteiger partial charge in [0.15, 0.2) is 0 Å². The Labute approximate surface area is 116 Å². The molecule has 3 N–H and O–H groups in total. The van der Waals surface area contributed by atoms with Crippen LogP contribution in [0, 0.1) is 25.5 Å². The topological polar surface area (TPSA) is 55.9 Å². The van der Waals surface area contributed by atoms with Crippen LogP contribution in [-0.2, 0) is 13.5 Å². The van der Waals surface area contributed by atoms with E-state index >= 15 is 0 Å². The first-order valence-electron chi connectivity index (χ1n) is 6.34. The zero-order chi connectivity index (χ0) is 14.9. The summed E-state index contributed by atoms with van der Waals surface area (Å²) in [5.74, 6) is 4.32. The number of hydrogen-bond acceptors (Lipinski definition) is 3. The molecule has 1 atom stereocenters. The van der Waals surface area contributed by atoms with E-state index in [1.807, 2.05) is 13.0 Å². The number of rotatable bonds is 4. The molecule has 0 amide bonds. The van der Waals surface area contributed by atoms with Crippen molar-refractivity contribution in [2.24, 2.45) is 12.9 Å². The Kier molecular flexibility index (Phi) is 4.15. The Morgan fingerprint density at radius 2 is 2.05 bits per heavy atom. The first kappa shape index (κ1) is 14.6. The first-order chi connectivity index (χ1) is 9.43. The molecular formula is C14H18F2N4. The molecule has 0 aliphatic rings. The number of aryl methyl sites for hydroxylation is 3. The van der Waals surface area contributed by atoms with Gasteiger partial charge in [-0.25, -0.2) is 8.78 Å². The Bertz CT molecular complexity index is 622. The van der Waals surface area contributed by atoms with E-state index in [0.717, 1.165) is 11.4 Å². The van der Waals surface area contributed by atoms with Crippen LogP contribution in [0.15, 0.2) is 18.2 Å². The van der Waals surface area contributed by atoms with Crippen LogP contribution in [-0.4, -0.2) is 9.78 Å². The molecule has 4 nitrogen and oxygen atoms in total. The minimum Gasteiger partial charge on any atom is -0.272 e. The molecule has 20 heavy (non-hydrogen) atoms. The minimum absolute atomic E-state index is 0.0358. The van der Waals surface area contributed by atoms with Crippen LogP contribution in [0.5, 0.6) is 0 Å². The second-order valence-electron chi connectivity index (χ2n) is 4.92. The fourth-order valence-electron chi connectivity index (χ4n) is 2.31. The van der Waals surface area contributed by atoms with E-state index in [9.17, 15) is 8.78 Å². The average molecular weight is 280 g/mol. The van der Waals surface area contributed by atoms with Crippen molar-refractivity contribution in [2.75, 3.05) is 0 Å². The van der Waals surface area contributed by atoms with E-state index in [2.05, 4.69) is 10.5 Å². The van der Waals surface area contributed by atoms with Gasteiger partial charge in [0, 0.05) is 24.7 Å². The molecule has 1 aromatic heterocycles. The maximum absolute atomic E-state index is 14.2. The number of nitrogens with two attached hydrogens (primary N) is 1. The van der Waals surface area contributed by atoms with Gasteiger partial charge in [-0.15, -0.1) is 0 Å². The molecule has 2 aromatic rings. The molecule has 0 aliphatic carbocycles. The third kappa shape index (κ3) is 2.71. The monoisotopic (exact) mass is 280 g/mol. The third-order valence-electron chi connectivity index (χ3n) is 3.38. The number of benzene rings is 1. The number of nitrogens with one attached hydrogen (secondary N) is 1. The predicted octanol–water partition coefficient (Wildman–Crippen LogP) is 2.06. The van der Waals surface area contributed by atoms with E-state index in [-0.39, 0.29) is 5.56 Å². The number of aromatic nitrogens is 2. The van der Waals surface area contributed by atoms with Crippen LogP contribution in [0.1, 0.15) is 28.6 Å². The highest BCUT2D eigenvalue weighted by Crippen LogP contribution is 2.25. The molecule has 6 heteroatoms. The van der Waals surface area contributed by atoms with Crippen molar-refractivity contribution in [3.8, 4) is 0 Å². The smallest absolute Gasteiger partial charge is 0.133 e. The highest BCUT2D eigenvalue weighted by Gasteiger charge is 2.22. The predicted molar refractivity (Wildman–Crippen MR) is 72.8 cm³/mol. The molecule has 1 aromatic carbocycles. The van der Waals surface area contributed by atoms with Crippen molar-refractivity contribution < 1.29 is 8.78 Å². The number of nitrogens with zero attached hydrogens (tertiary/aromatic N) is 2. The molecule has 1 heterocycles. The van der Waals surface area contributed by atoms with Gasteiger partial charge in [0.2, 0.25) is 0 Å². The van der Waals surface area contributed by atoms with Gasteiger partial charge in [-0.05, 0) is 31.5 Å². The van der Waals surface area contributed by atoms with E-state index in [1.165, 1.54) is 12.1 Å². The summed E-state index contributed by atoms with van der Waals surface area (Å²) in [6.07, 6.45) is 0.352. The second kappa shape index (κ2) is 5.68. The average Bonchev–Trinajstić information content (AvgIpc) is 2.71. The number of hydrazine groups is 1. The van der Waals surface area contributed by atoms with Crippen molar-refractivity contribution in [1.29, 1.82) is 0 Å². The summed E-state index contributed by atoms with van der Waals surface area (Å²) in [7, 11) is 1.79. The quantitative estimate of drug-likeness (QED) is 0.666. The lowest BCUT2D eigenvalue weighted by Crippen LogP contribution is -2.31. The van der Waals surface area contributed by atoms with E-state index in [1.54, 1.807) is 18.7 Å². The highest BCUT2D eigenvalue weighted by atomic mass is 19.1. The van der Waals surface area contributed by atoms with Crippen molar-refractivity contribution in [1.82, 2.24) is 15.2 Å². The molecular weight excluding hydrogens is 262 g/mol. The first-order valence-corrected chi connectivity index (χ1v) is 6.34. The van der Waals surface area contributed by atoms with Crippen molar-refractivity contribution in [2.45, 2.75) is 26.3 Å². The fourth-order valence-corrected chi connectivity index (χ4v) is 2.31. The molecule has 0 fully saturated rings. The van der Waals surface area contributed by atoms with Crippen LogP contribution in [0.4, 0.5) is 8.78 Å². The minimum atomic E-state index is -0.648. The third-order valence-corrected chi connectivity index (χ3v) is 3.38. The van der Waals surface area contributed by atoms with Gasteiger partial charge >= 0.3 is 0 Å². The van der Waals surface area contributed by atoms with Crippen LogP contribution in [0.3, 0.4) is 0 Å². The van der Waals surface area contributed by atoms with Crippen LogP contribution < -0.4 is 11.3 Å². The second-order valence-corrected chi connectivity index (χ2v) is 4.92. The van der Waals surface area contributed by atoms with Gasteiger partial charge in [-0.3, -0.25) is 16.0 Å². The molecule has 1 unspecified atom stereocenters. The van der Waals surface area contributed by atoms with Gasteiger partial charge in [0.05, 0.1) is 11.7 Å². The summed E-state index contributed by atoms with van der Waals surface area (Å²) in [5.41, 5.74) is 4.55. The van der Waals surface area contributed by atoms with Crippen LogP contribution >= 0.6 is 0 Å². The molecule has 0 saturated heterocycles. The van der Waals surface area contributed by atoms with Gasteiger partial charge in [0.1, 0.15) is 11.6 Å². The summed E-state index contributed by atoms with van der Waals surface area (Å²) >= 11 is 0. The van der Waals surface area contributed by atoms with Crippen molar-refractivity contribution in [3.63, 3.8) is 0 Å². The van der Waals surface area contributed by atoms with E-state index in [4.69, 9.17) is 5.84 Å². The highest BCUT2D eigenvalue weighted by molar-refractivity contribution is 5.30. The van der Waals surface area contributed by atoms with Crippen molar-refractivity contribution >= 4 is 0 Å². The lowest BCUT2D eigenvalue weighted by molar-refractivity contribution is 0.462. The zero-order valence-corrected chi connectivity index (χ0v) is 11.7. The largest absolute Gasteiger partial charge is 0.272 e. The molecule has 0 bridgehead atoms. The fraction of sp³-hybridized carbons (Fsp3) is 0.357. The van der Waals surface area contributed by atoms with Gasteiger partial charge in [-0.2, -0.15) is 5.10 Å². The van der Waals surface area contributed by atoms with Gasteiger partial charge in [-0.1, -0.05) is 6.07 Å². The Morgan fingerprint density at radius 3 is 2.60 bits per heavy atom. The maximum Gasteiger partial charge on any atom is 0.133 e. The Morgan fingerprint density at radius 1 is 1.35 bits per heavy atom. The SMILES string of the molecule is Cc1cc(CC(NN)c2c(F)ccc(C)c2F)n(C)n1. The molecule has 0 saturated carbocycles. The summed E-state index contributed by atoms with van der Waals surface area (Å²) in [6.45, 7) is 3.46. The molecule has 0 spiro atoms. The van der Waals surface area contributed by atoms with Crippen LogP contribution in [0.2, 0.25) is 0 Å². The normalized spacial score (nSPS) is 12.7. The molecule has 108 valence electrons. The molecule has 2 rings (SSSR count). The molecule has 0 aliphatic heterocycles. The summed E-state index contributed by atoms with van der Waals surface area (Å²) in [5, 5.41) is 4.22. The van der Waals surface area contributed by atoms with Crippen LogP contribution in [0.25, 0.3) is 0 Å². The van der Waals surface area contributed by atoms with Gasteiger partial charge in [0.25, 0.3) is 0 Å². The maximum atomic E-state index is 14.2. The summed E-state index contributed by atoms with van der Waals surface area (Å²) in [6, 6.07) is 3.89. The van der Waals surface area contributed by atoms with E-state index < -0.39 is 17.7 Å². The number of hydrogen-bond donors (Lipinski definition) is 2. The Balaban J connectivity index is 2.38. The number of halogens is 2. The zero-order valence-electron chi connectivity index (χ0n) is 11.7. The van der Waals surface area contributed by atoms with Gasteiger partial charge < -0.3 is 0 Å². The standard InChI is InChI=1S/C14H18F2N4/c1-8-4-5-11(15)13(14(8)16)12(18-17)7-10-6-9(2)19-20(10)3/h4-6,12,18H,7,17H2,1-3H3. The van der Waals surface area contributed by atoms with E-state index in [0.29, 0.717) is 12.0 Å². The van der Waals surface area contributed by atoms with Crippen molar-refractivity contribution in [3.05, 3.63) is 52.3 Å². The Hall–Kier alpha value is -1.79.